The van der Waals surface area contributed by atoms with Crippen molar-refractivity contribution in [2.45, 2.75) is 6.18 Å². The Morgan fingerprint density at radius 1 is 1.13 bits per heavy atom. The summed E-state index contributed by atoms with van der Waals surface area (Å²) in [6, 6.07) is 4.71. The first kappa shape index (κ1) is 22.6. The number of hydrogen-bond donors (Lipinski definition) is 1. The highest BCUT2D eigenvalue weighted by molar-refractivity contribution is 5.96. The summed E-state index contributed by atoms with van der Waals surface area (Å²) in [5.74, 6) is -0.649. The zero-order chi connectivity index (χ0) is 22.6. The molecule has 31 heavy (non-hydrogen) atoms. The predicted octanol–water partition coefficient (Wildman–Crippen LogP) is 1.64. The second-order valence-corrected chi connectivity index (χ2v) is 7.16. The number of nitrogens with zero attached hydrogens (tertiary/aromatic N) is 4. The number of carbonyl (C=O) groups is 2. The van der Waals surface area contributed by atoms with E-state index < -0.39 is 23.2 Å². The van der Waals surface area contributed by atoms with Crippen LogP contribution >= 0.6 is 0 Å². The van der Waals surface area contributed by atoms with Crippen molar-refractivity contribution in [2.75, 3.05) is 46.4 Å². The van der Waals surface area contributed by atoms with Gasteiger partial charge in [-0.15, -0.1) is 5.10 Å². The summed E-state index contributed by atoms with van der Waals surface area (Å²) >= 11 is 0. The molecule has 0 unspecified atom stereocenters. The number of rotatable bonds is 6. The number of piperazine rings is 1. The van der Waals surface area contributed by atoms with Crippen molar-refractivity contribution in [3.63, 3.8) is 0 Å². The summed E-state index contributed by atoms with van der Waals surface area (Å²) in [6.07, 6.45) is -2.98. The van der Waals surface area contributed by atoms with E-state index in [0.717, 1.165) is 12.1 Å². The smallest absolute Gasteiger partial charge is 0.417 e. The Labute approximate surface area is 177 Å². The SMILES string of the molecule is COc1nn(C)cc1C(=O)N1CCN(CCNC(=O)c2ccccc2C(F)(F)F)CC1. The monoisotopic (exact) mass is 439 g/mol. The molecule has 1 aromatic carbocycles. The maximum atomic E-state index is 13.1. The van der Waals surface area contributed by atoms with Crippen LogP contribution in [0.2, 0.25) is 0 Å². The molecule has 1 aliphatic heterocycles. The van der Waals surface area contributed by atoms with E-state index in [0.29, 0.717) is 38.3 Å². The summed E-state index contributed by atoms with van der Waals surface area (Å²) in [5.41, 5.74) is -0.949. The molecular formula is C20H24F3N5O3. The van der Waals surface area contributed by atoms with Gasteiger partial charge in [-0.3, -0.25) is 19.2 Å². The Morgan fingerprint density at radius 3 is 2.45 bits per heavy atom. The summed E-state index contributed by atoms with van der Waals surface area (Å²) in [4.78, 5) is 28.7. The number of aryl methyl sites for hydroxylation is 1. The number of methoxy groups -OCH3 is 1. The fraction of sp³-hybridized carbons (Fsp3) is 0.450. The van der Waals surface area contributed by atoms with Crippen molar-refractivity contribution < 1.29 is 27.5 Å². The highest BCUT2D eigenvalue weighted by atomic mass is 19.4. The Morgan fingerprint density at radius 2 is 1.81 bits per heavy atom. The number of carbonyl (C=O) groups excluding carboxylic acids is 2. The molecule has 1 aliphatic rings. The lowest BCUT2D eigenvalue weighted by Gasteiger charge is -2.34. The highest BCUT2D eigenvalue weighted by Crippen LogP contribution is 2.31. The molecule has 1 fully saturated rings. The Kier molecular flexibility index (Phi) is 6.84. The fourth-order valence-electron chi connectivity index (χ4n) is 3.46. The van der Waals surface area contributed by atoms with Gasteiger partial charge in [0.25, 0.3) is 11.8 Å². The van der Waals surface area contributed by atoms with E-state index in [1.165, 1.54) is 23.9 Å². The van der Waals surface area contributed by atoms with E-state index >= 15 is 0 Å². The molecule has 2 amide bonds. The Bertz CT molecular complexity index is 936. The van der Waals surface area contributed by atoms with Crippen LogP contribution < -0.4 is 10.1 Å². The van der Waals surface area contributed by atoms with Crippen molar-refractivity contribution >= 4 is 11.8 Å². The minimum atomic E-state index is -4.59. The lowest BCUT2D eigenvalue weighted by atomic mass is 10.1. The second-order valence-electron chi connectivity index (χ2n) is 7.16. The molecule has 0 aliphatic carbocycles. The van der Waals surface area contributed by atoms with Crippen molar-refractivity contribution in [1.82, 2.24) is 24.9 Å². The van der Waals surface area contributed by atoms with Crippen LogP contribution in [0.1, 0.15) is 26.3 Å². The molecule has 0 radical (unpaired) electrons. The first-order chi connectivity index (χ1) is 14.7. The minimum absolute atomic E-state index is 0.165. The molecule has 0 bridgehead atoms. The van der Waals surface area contributed by atoms with Crippen molar-refractivity contribution in [1.29, 1.82) is 0 Å². The van der Waals surface area contributed by atoms with Crippen LogP contribution in [-0.2, 0) is 13.2 Å². The lowest BCUT2D eigenvalue weighted by molar-refractivity contribution is -0.137. The van der Waals surface area contributed by atoms with E-state index in [2.05, 4.69) is 10.4 Å². The maximum absolute atomic E-state index is 13.1. The third-order valence-electron chi connectivity index (χ3n) is 5.07. The molecule has 3 rings (SSSR count). The van der Waals surface area contributed by atoms with Gasteiger partial charge in [-0.05, 0) is 12.1 Å². The van der Waals surface area contributed by atoms with Crippen LogP contribution in [0.4, 0.5) is 13.2 Å². The van der Waals surface area contributed by atoms with Crippen molar-refractivity contribution in [3.8, 4) is 5.88 Å². The van der Waals surface area contributed by atoms with Gasteiger partial charge in [-0.2, -0.15) is 13.2 Å². The van der Waals surface area contributed by atoms with Crippen molar-refractivity contribution in [3.05, 3.63) is 47.2 Å². The summed E-state index contributed by atoms with van der Waals surface area (Å²) in [6.45, 7) is 2.82. The number of ether oxygens (including phenoxy) is 1. The highest BCUT2D eigenvalue weighted by Gasteiger charge is 2.34. The molecule has 8 nitrogen and oxygen atoms in total. The van der Waals surface area contributed by atoms with Gasteiger partial charge in [0, 0.05) is 52.5 Å². The summed E-state index contributed by atoms with van der Waals surface area (Å²) < 4.78 is 45.8. The van der Waals surface area contributed by atoms with E-state index in [4.69, 9.17) is 4.74 Å². The van der Waals surface area contributed by atoms with Crippen molar-refractivity contribution in [2.24, 2.45) is 7.05 Å². The van der Waals surface area contributed by atoms with E-state index in [1.807, 2.05) is 4.90 Å². The normalized spacial score (nSPS) is 15.1. The number of benzene rings is 1. The van der Waals surface area contributed by atoms with E-state index in [-0.39, 0.29) is 18.3 Å². The van der Waals surface area contributed by atoms with Gasteiger partial charge >= 0.3 is 6.18 Å². The molecule has 11 heteroatoms. The standard InChI is InChI=1S/C20H24F3N5O3/c1-26-13-15(18(25-26)31-2)19(30)28-11-9-27(10-12-28)8-7-24-17(29)14-5-3-4-6-16(14)20(21,22)23/h3-6,13H,7-12H2,1-2H3,(H,24,29). The molecule has 0 saturated carbocycles. The quantitative estimate of drug-likeness (QED) is 0.740. The van der Waals surface area contributed by atoms with E-state index in [1.54, 1.807) is 18.1 Å². The third kappa shape index (κ3) is 5.35. The molecule has 1 saturated heterocycles. The number of halogens is 3. The third-order valence-corrected chi connectivity index (χ3v) is 5.07. The van der Waals surface area contributed by atoms with Gasteiger partial charge in [-0.25, -0.2) is 0 Å². The predicted molar refractivity (Wildman–Crippen MR) is 106 cm³/mol. The molecule has 1 N–H and O–H groups in total. The van der Waals surface area contributed by atoms with Crippen LogP contribution in [-0.4, -0.2) is 77.8 Å². The van der Waals surface area contributed by atoms with Gasteiger partial charge < -0.3 is 15.0 Å². The minimum Gasteiger partial charge on any atom is -0.479 e. The second kappa shape index (κ2) is 9.38. The number of nitrogens with one attached hydrogen (secondary N) is 1. The summed E-state index contributed by atoms with van der Waals surface area (Å²) in [5, 5.41) is 6.64. The first-order valence-electron chi connectivity index (χ1n) is 9.74. The largest absolute Gasteiger partial charge is 0.479 e. The topological polar surface area (TPSA) is 79.7 Å². The maximum Gasteiger partial charge on any atom is 0.417 e. The zero-order valence-corrected chi connectivity index (χ0v) is 17.3. The number of hydrogen-bond acceptors (Lipinski definition) is 5. The molecular weight excluding hydrogens is 415 g/mol. The van der Waals surface area contributed by atoms with Crippen LogP contribution in [0.3, 0.4) is 0 Å². The molecule has 0 atom stereocenters. The van der Waals surface area contributed by atoms with Crippen LogP contribution in [0.15, 0.2) is 30.5 Å². The average molecular weight is 439 g/mol. The van der Waals surface area contributed by atoms with E-state index in [9.17, 15) is 22.8 Å². The summed E-state index contributed by atoms with van der Waals surface area (Å²) in [7, 11) is 3.16. The fourth-order valence-corrected chi connectivity index (χ4v) is 3.46. The average Bonchev–Trinajstić information content (AvgIpc) is 3.13. The zero-order valence-electron chi connectivity index (χ0n) is 17.3. The molecule has 0 spiro atoms. The van der Waals surface area contributed by atoms with Gasteiger partial charge in [0.15, 0.2) is 0 Å². The molecule has 2 heterocycles. The molecule has 1 aromatic heterocycles. The van der Waals surface area contributed by atoms with Crippen LogP contribution in [0.25, 0.3) is 0 Å². The first-order valence-corrected chi connectivity index (χ1v) is 9.74. The van der Waals surface area contributed by atoms with Gasteiger partial charge in [0.05, 0.1) is 18.2 Å². The lowest BCUT2D eigenvalue weighted by Crippen LogP contribution is -2.50. The number of alkyl halides is 3. The Hall–Kier alpha value is -3.08. The van der Waals surface area contributed by atoms with Crippen LogP contribution in [0.5, 0.6) is 5.88 Å². The van der Waals surface area contributed by atoms with Crippen LogP contribution in [0, 0.1) is 0 Å². The van der Waals surface area contributed by atoms with Gasteiger partial charge in [-0.1, -0.05) is 12.1 Å². The number of aromatic nitrogens is 2. The number of amides is 2. The molecule has 2 aromatic rings. The van der Waals surface area contributed by atoms with Gasteiger partial charge in [0.1, 0.15) is 5.56 Å². The van der Waals surface area contributed by atoms with Gasteiger partial charge in [0.2, 0.25) is 5.88 Å². The molecule has 168 valence electrons. The Balaban J connectivity index is 1.48.